The van der Waals surface area contributed by atoms with Gasteiger partial charge in [-0.1, -0.05) is 103 Å². The van der Waals surface area contributed by atoms with Gasteiger partial charge in [0.15, 0.2) is 0 Å². The van der Waals surface area contributed by atoms with E-state index in [2.05, 4.69) is 70.2 Å². The van der Waals surface area contributed by atoms with Gasteiger partial charge in [0.05, 0.1) is 6.04 Å². The summed E-state index contributed by atoms with van der Waals surface area (Å²) in [4.78, 5) is 4.58. The average molecular weight is 345 g/mol. The highest BCUT2D eigenvalue weighted by molar-refractivity contribution is 6.29. The van der Waals surface area contributed by atoms with E-state index in [4.69, 9.17) is 11.6 Å². The van der Waals surface area contributed by atoms with Crippen LogP contribution in [0.3, 0.4) is 0 Å². The number of hydrogen-bond acceptors (Lipinski definition) is 1. The van der Waals surface area contributed by atoms with Gasteiger partial charge in [0.25, 0.3) is 0 Å². The normalized spacial score (nSPS) is 11.0. The van der Waals surface area contributed by atoms with Crippen LogP contribution in [0.1, 0.15) is 17.2 Å². The van der Waals surface area contributed by atoms with E-state index in [0.29, 0.717) is 5.15 Å². The number of imidazole rings is 1. The van der Waals surface area contributed by atoms with Gasteiger partial charge in [0.1, 0.15) is 11.0 Å². The predicted molar refractivity (Wildman–Crippen MR) is 103 cm³/mol. The summed E-state index contributed by atoms with van der Waals surface area (Å²) < 4.78 is 2.16. The fourth-order valence-electron chi connectivity index (χ4n) is 3.15. The van der Waals surface area contributed by atoms with Gasteiger partial charge >= 0.3 is 0 Å². The van der Waals surface area contributed by atoms with Crippen molar-refractivity contribution in [1.29, 1.82) is 0 Å². The second kappa shape index (κ2) is 6.96. The van der Waals surface area contributed by atoms with Crippen LogP contribution >= 0.6 is 11.6 Å². The lowest BCUT2D eigenvalue weighted by Crippen LogP contribution is -2.12. The maximum Gasteiger partial charge on any atom is 0.147 e. The van der Waals surface area contributed by atoms with Crippen molar-refractivity contribution < 1.29 is 0 Å². The lowest BCUT2D eigenvalue weighted by atomic mass is 9.98. The van der Waals surface area contributed by atoms with Crippen molar-refractivity contribution in [2.45, 2.75) is 6.04 Å². The third kappa shape index (κ3) is 3.21. The number of benzene rings is 3. The quantitative estimate of drug-likeness (QED) is 0.454. The Labute approximate surface area is 152 Å². The Bertz CT molecular complexity index is 908. The second-order valence-electron chi connectivity index (χ2n) is 5.88. The summed E-state index contributed by atoms with van der Waals surface area (Å²) in [5.74, 6) is 0.864. The first-order valence-electron chi connectivity index (χ1n) is 8.22. The molecule has 0 amide bonds. The van der Waals surface area contributed by atoms with Crippen LogP contribution in [0.25, 0.3) is 11.4 Å². The summed E-state index contributed by atoms with van der Waals surface area (Å²) in [6, 6.07) is 31.0. The Morgan fingerprint density at radius 1 is 0.680 bits per heavy atom. The van der Waals surface area contributed by atoms with Crippen molar-refractivity contribution >= 4 is 11.6 Å². The summed E-state index contributed by atoms with van der Waals surface area (Å²) in [6.45, 7) is 0. The molecule has 0 aliphatic heterocycles. The molecule has 3 heteroatoms. The third-order valence-corrected chi connectivity index (χ3v) is 4.43. The minimum Gasteiger partial charge on any atom is -0.318 e. The fourth-order valence-corrected chi connectivity index (χ4v) is 3.33. The van der Waals surface area contributed by atoms with Crippen molar-refractivity contribution in [3.8, 4) is 11.4 Å². The monoisotopic (exact) mass is 344 g/mol. The van der Waals surface area contributed by atoms with Crippen LogP contribution in [0.15, 0.2) is 97.2 Å². The first-order chi connectivity index (χ1) is 12.3. The third-order valence-electron chi connectivity index (χ3n) is 4.24. The fraction of sp³-hybridized carbons (Fsp3) is 0.0455. The predicted octanol–water partition coefficient (Wildman–Crippen LogP) is 5.84. The van der Waals surface area contributed by atoms with Crippen LogP contribution < -0.4 is 0 Å². The van der Waals surface area contributed by atoms with Crippen LogP contribution in [-0.4, -0.2) is 9.55 Å². The van der Waals surface area contributed by atoms with Gasteiger partial charge in [-0.05, 0) is 11.1 Å². The summed E-state index contributed by atoms with van der Waals surface area (Å²) in [6.07, 6.45) is 1.91. The SMILES string of the molecule is Clc1cn(C(c2ccccc2)c2ccccc2)c(-c2ccccc2)n1. The molecule has 2 nitrogen and oxygen atoms in total. The standard InChI is InChI=1S/C22H17ClN2/c23-20-16-25(22(24-20)19-14-8-3-9-15-19)21(17-10-4-1-5-11-17)18-12-6-2-7-13-18/h1-16,21H. The minimum atomic E-state index is 0.0117. The van der Waals surface area contributed by atoms with Gasteiger partial charge in [0, 0.05) is 11.8 Å². The maximum atomic E-state index is 6.30. The Morgan fingerprint density at radius 2 is 1.16 bits per heavy atom. The lowest BCUT2D eigenvalue weighted by molar-refractivity contribution is 0.684. The van der Waals surface area contributed by atoms with Crippen LogP contribution in [0.4, 0.5) is 0 Å². The lowest BCUT2D eigenvalue weighted by Gasteiger charge is -2.22. The summed E-state index contributed by atoms with van der Waals surface area (Å²) in [5, 5.41) is 0.496. The number of nitrogens with zero attached hydrogens (tertiary/aromatic N) is 2. The van der Waals surface area contributed by atoms with E-state index < -0.39 is 0 Å². The molecule has 0 fully saturated rings. The zero-order valence-corrected chi connectivity index (χ0v) is 14.3. The smallest absolute Gasteiger partial charge is 0.147 e. The average Bonchev–Trinajstić information content (AvgIpc) is 3.06. The number of hydrogen-bond donors (Lipinski definition) is 0. The molecule has 122 valence electrons. The number of halogens is 1. The minimum absolute atomic E-state index is 0.0117. The molecule has 4 aromatic rings. The van der Waals surface area contributed by atoms with Crippen molar-refractivity contribution in [3.63, 3.8) is 0 Å². The summed E-state index contributed by atoms with van der Waals surface area (Å²) in [7, 11) is 0. The highest BCUT2D eigenvalue weighted by Gasteiger charge is 2.21. The molecule has 0 radical (unpaired) electrons. The van der Waals surface area contributed by atoms with E-state index >= 15 is 0 Å². The van der Waals surface area contributed by atoms with Gasteiger partial charge < -0.3 is 4.57 Å². The van der Waals surface area contributed by atoms with E-state index in [1.807, 2.05) is 36.5 Å². The molecular weight excluding hydrogens is 328 g/mol. The summed E-state index contributed by atoms with van der Waals surface area (Å²) in [5.41, 5.74) is 3.44. The zero-order valence-electron chi connectivity index (χ0n) is 13.6. The van der Waals surface area contributed by atoms with E-state index in [1.54, 1.807) is 0 Å². The molecule has 0 spiro atoms. The topological polar surface area (TPSA) is 17.8 Å². The number of aromatic nitrogens is 2. The van der Waals surface area contributed by atoms with Crippen LogP contribution in [0.2, 0.25) is 5.15 Å². The second-order valence-corrected chi connectivity index (χ2v) is 6.27. The largest absolute Gasteiger partial charge is 0.318 e. The van der Waals surface area contributed by atoms with Gasteiger partial charge in [0.2, 0.25) is 0 Å². The van der Waals surface area contributed by atoms with Crippen LogP contribution in [-0.2, 0) is 0 Å². The van der Waals surface area contributed by atoms with Gasteiger partial charge in [-0.25, -0.2) is 4.98 Å². The molecule has 0 aliphatic carbocycles. The molecule has 0 saturated heterocycles. The first kappa shape index (κ1) is 15.7. The van der Waals surface area contributed by atoms with E-state index in [-0.39, 0.29) is 6.04 Å². The van der Waals surface area contributed by atoms with Crippen molar-refractivity contribution in [3.05, 3.63) is 113 Å². The van der Waals surface area contributed by atoms with E-state index in [9.17, 15) is 0 Å². The van der Waals surface area contributed by atoms with Crippen molar-refractivity contribution in [1.82, 2.24) is 9.55 Å². The van der Waals surface area contributed by atoms with Crippen LogP contribution in [0.5, 0.6) is 0 Å². The molecule has 0 unspecified atom stereocenters. The molecular formula is C22H17ClN2. The maximum absolute atomic E-state index is 6.30. The van der Waals surface area contributed by atoms with Gasteiger partial charge in [-0.2, -0.15) is 0 Å². The van der Waals surface area contributed by atoms with E-state index in [0.717, 1.165) is 11.4 Å². The van der Waals surface area contributed by atoms with Crippen molar-refractivity contribution in [2.75, 3.05) is 0 Å². The summed E-state index contributed by atoms with van der Waals surface area (Å²) >= 11 is 6.30. The molecule has 0 saturated carbocycles. The zero-order chi connectivity index (χ0) is 17.1. The molecule has 0 N–H and O–H groups in total. The van der Waals surface area contributed by atoms with E-state index in [1.165, 1.54) is 11.1 Å². The molecule has 0 bridgehead atoms. The Hall–Kier alpha value is -2.84. The number of rotatable bonds is 4. The van der Waals surface area contributed by atoms with Crippen LogP contribution in [0, 0.1) is 0 Å². The molecule has 4 rings (SSSR count). The molecule has 0 atom stereocenters. The molecule has 25 heavy (non-hydrogen) atoms. The van der Waals surface area contributed by atoms with Gasteiger partial charge in [-0.3, -0.25) is 0 Å². The molecule has 0 aliphatic rings. The molecule has 1 aromatic heterocycles. The molecule has 1 heterocycles. The molecule has 3 aromatic carbocycles. The van der Waals surface area contributed by atoms with Gasteiger partial charge in [-0.15, -0.1) is 0 Å². The van der Waals surface area contributed by atoms with Crippen molar-refractivity contribution in [2.24, 2.45) is 0 Å². The first-order valence-corrected chi connectivity index (χ1v) is 8.60. The Morgan fingerprint density at radius 3 is 1.68 bits per heavy atom. The Balaban J connectivity index is 1.93. The Kier molecular flexibility index (Phi) is 4.36. The highest BCUT2D eigenvalue weighted by atomic mass is 35.5. The highest BCUT2D eigenvalue weighted by Crippen LogP contribution is 2.32.